The molecule has 1 heterocycles. The third-order valence-electron chi connectivity index (χ3n) is 4.63. The van der Waals surface area contributed by atoms with Crippen LogP contribution in [-0.4, -0.2) is 63.9 Å². The number of nitriles is 1. The molecule has 1 aliphatic rings. The predicted molar refractivity (Wildman–Crippen MR) is 112 cm³/mol. The van der Waals surface area contributed by atoms with Crippen molar-refractivity contribution in [3.63, 3.8) is 0 Å². The lowest BCUT2D eigenvalue weighted by atomic mass is 10.1. The van der Waals surface area contributed by atoms with Gasteiger partial charge in [0.15, 0.2) is 11.5 Å². The van der Waals surface area contributed by atoms with Crippen LogP contribution in [0.15, 0.2) is 23.8 Å². The molecule has 0 aromatic heterocycles. The lowest BCUT2D eigenvalue weighted by Gasteiger charge is -2.26. The number of methoxy groups -OCH3 is 1. The van der Waals surface area contributed by atoms with Crippen molar-refractivity contribution in [3.8, 4) is 17.6 Å². The van der Waals surface area contributed by atoms with Crippen LogP contribution in [0.4, 0.5) is 0 Å². The van der Waals surface area contributed by atoms with Gasteiger partial charge in [0.2, 0.25) is 0 Å². The summed E-state index contributed by atoms with van der Waals surface area (Å²) >= 11 is 0. The highest BCUT2D eigenvalue weighted by molar-refractivity contribution is 6.01. The van der Waals surface area contributed by atoms with E-state index in [1.807, 2.05) is 12.1 Å². The van der Waals surface area contributed by atoms with Crippen molar-refractivity contribution in [1.29, 1.82) is 5.26 Å². The summed E-state index contributed by atoms with van der Waals surface area (Å²) in [5.74, 6) is 1.41. The van der Waals surface area contributed by atoms with Gasteiger partial charge in [-0.3, -0.25) is 9.69 Å². The zero-order valence-corrected chi connectivity index (χ0v) is 17.6. The lowest BCUT2D eigenvalue weighted by Crippen LogP contribution is -2.41. The summed E-state index contributed by atoms with van der Waals surface area (Å²) in [6.07, 6.45) is 2.51. The summed E-state index contributed by atoms with van der Waals surface area (Å²) in [6.45, 7) is 9.29. The highest BCUT2D eigenvalue weighted by Gasteiger charge is 2.13. The molecule has 1 aromatic carbocycles. The minimum atomic E-state index is -0.378. The summed E-state index contributed by atoms with van der Waals surface area (Å²) in [5, 5.41) is 12.2. The molecule has 7 heteroatoms. The van der Waals surface area contributed by atoms with Gasteiger partial charge in [-0.1, -0.05) is 19.9 Å². The molecular formula is C22H31N3O4. The molecule has 0 saturated carbocycles. The highest BCUT2D eigenvalue weighted by Crippen LogP contribution is 2.29. The van der Waals surface area contributed by atoms with Crippen LogP contribution in [0.5, 0.6) is 11.5 Å². The molecular weight excluding hydrogens is 370 g/mol. The van der Waals surface area contributed by atoms with E-state index < -0.39 is 0 Å². The normalized spacial score (nSPS) is 15.1. The van der Waals surface area contributed by atoms with Gasteiger partial charge in [-0.25, -0.2) is 0 Å². The van der Waals surface area contributed by atoms with Crippen LogP contribution in [0.25, 0.3) is 6.08 Å². The smallest absolute Gasteiger partial charge is 0.261 e. The molecule has 0 spiro atoms. The number of hydrogen-bond donors (Lipinski definition) is 1. The standard InChI is InChI=1S/C22H31N3O4/c1-17(2)6-11-29-20-5-4-18(15-21(20)27-3)14-19(16-23)22(26)24-7-8-25-9-12-28-13-10-25/h4-5,14-15,17H,6-13H2,1-3H3,(H,24,26)/b19-14+. The number of amides is 1. The Morgan fingerprint density at radius 1 is 1.34 bits per heavy atom. The van der Waals surface area contributed by atoms with Crippen molar-refractivity contribution in [2.45, 2.75) is 20.3 Å². The van der Waals surface area contributed by atoms with E-state index in [1.165, 1.54) is 0 Å². The van der Waals surface area contributed by atoms with Gasteiger partial charge in [0.1, 0.15) is 11.6 Å². The van der Waals surface area contributed by atoms with Crippen LogP contribution in [0.3, 0.4) is 0 Å². The first kappa shape index (κ1) is 22.7. The first-order valence-corrected chi connectivity index (χ1v) is 10.0. The van der Waals surface area contributed by atoms with Crippen molar-refractivity contribution in [2.75, 3.05) is 53.1 Å². The van der Waals surface area contributed by atoms with Gasteiger partial charge in [0.05, 0.1) is 26.9 Å². The summed E-state index contributed by atoms with van der Waals surface area (Å²) in [6, 6.07) is 7.36. The minimum Gasteiger partial charge on any atom is -0.493 e. The van der Waals surface area contributed by atoms with Crippen LogP contribution >= 0.6 is 0 Å². The van der Waals surface area contributed by atoms with E-state index in [1.54, 1.807) is 25.3 Å². The summed E-state index contributed by atoms with van der Waals surface area (Å²) in [7, 11) is 1.57. The van der Waals surface area contributed by atoms with Crippen LogP contribution in [0.1, 0.15) is 25.8 Å². The maximum Gasteiger partial charge on any atom is 0.261 e. The zero-order chi connectivity index (χ0) is 21.1. The Bertz CT molecular complexity index is 734. The van der Waals surface area contributed by atoms with Crippen LogP contribution in [0.2, 0.25) is 0 Å². The summed E-state index contributed by atoms with van der Waals surface area (Å²) < 4.78 is 16.5. The predicted octanol–water partition coefficient (Wildman–Crippen LogP) is 2.48. The molecule has 0 unspecified atom stereocenters. The Morgan fingerprint density at radius 3 is 2.76 bits per heavy atom. The van der Waals surface area contributed by atoms with Crippen molar-refractivity contribution in [3.05, 3.63) is 29.3 Å². The summed E-state index contributed by atoms with van der Waals surface area (Å²) in [4.78, 5) is 14.6. The number of rotatable bonds is 10. The van der Waals surface area contributed by atoms with E-state index in [0.29, 0.717) is 36.1 Å². The monoisotopic (exact) mass is 401 g/mol. The molecule has 0 atom stereocenters. The van der Waals surface area contributed by atoms with E-state index in [0.717, 1.165) is 39.3 Å². The highest BCUT2D eigenvalue weighted by atomic mass is 16.5. The fraction of sp³-hybridized carbons (Fsp3) is 0.545. The van der Waals surface area contributed by atoms with E-state index in [-0.39, 0.29) is 11.5 Å². The number of nitrogens with zero attached hydrogens (tertiary/aromatic N) is 2. The van der Waals surface area contributed by atoms with Gasteiger partial charge >= 0.3 is 0 Å². The molecule has 29 heavy (non-hydrogen) atoms. The molecule has 1 amide bonds. The number of morpholine rings is 1. The number of carbonyl (C=O) groups excluding carboxylic acids is 1. The minimum absolute atomic E-state index is 0.0579. The molecule has 1 N–H and O–H groups in total. The van der Waals surface area contributed by atoms with Crippen LogP contribution in [0, 0.1) is 17.2 Å². The second-order valence-corrected chi connectivity index (χ2v) is 7.32. The average Bonchev–Trinajstić information content (AvgIpc) is 2.73. The Balaban J connectivity index is 1.95. The third-order valence-corrected chi connectivity index (χ3v) is 4.63. The molecule has 158 valence electrons. The van der Waals surface area contributed by atoms with Gasteiger partial charge in [-0.2, -0.15) is 5.26 Å². The Kier molecular flexibility index (Phi) is 9.48. The zero-order valence-electron chi connectivity index (χ0n) is 17.6. The quantitative estimate of drug-likeness (QED) is 0.479. The molecule has 1 aliphatic heterocycles. The van der Waals surface area contributed by atoms with Gasteiger partial charge in [0.25, 0.3) is 5.91 Å². The fourth-order valence-corrected chi connectivity index (χ4v) is 2.86. The first-order chi connectivity index (χ1) is 14.0. The number of hydrogen-bond acceptors (Lipinski definition) is 6. The number of nitrogens with one attached hydrogen (secondary N) is 1. The second-order valence-electron chi connectivity index (χ2n) is 7.32. The molecule has 0 aliphatic carbocycles. The number of ether oxygens (including phenoxy) is 3. The maximum absolute atomic E-state index is 12.3. The Hall–Kier alpha value is -2.56. The SMILES string of the molecule is COc1cc(/C=C(\C#N)C(=O)NCCN2CCOCC2)ccc1OCCC(C)C. The average molecular weight is 402 g/mol. The van der Waals surface area contributed by atoms with Crippen LogP contribution < -0.4 is 14.8 Å². The molecule has 1 saturated heterocycles. The summed E-state index contributed by atoms with van der Waals surface area (Å²) in [5.41, 5.74) is 0.764. The van der Waals surface area contributed by atoms with E-state index in [2.05, 4.69) is 24.1 Å². The largest absolute Gasteiger partial charge is 0.493 e. The molecule has 0 radical (unpaired) electrons. The lowest BCUT2D eigenvalue weighted by molar-refractivity contribution is -0.117. The van der Waals surface area contributed by atoms with Crippen molar-refractivity contribution in [2.24, 2.45) is 5.92 Å². The van der Waals surface area contributed by atoms with Crippen LogP contribution in [-0.2, 0) is 9.53 Å². The van der Waals surface area contributed by atoms with Crippen molar-refractivity contribution in [1.82, 2.24) is 10.2 Å². The molecule has 2 rings (SSSR count). The Morgan fingerprint density at radius 2 is 2.10 bits per heavy atom. The fourth-order valence-electron chi connectivity index (χ4n) is 2.86. The maximum atomic E-state index is 12.3. The van der Waals surface area contributed by atoms with E-state index in [4.69, 9.17) is 14.2 Å². The molecule has 1 aromatic rings. The van der Waals surface area contributed by atoms with Gasteiger partial charge in [-0.05, 0) is 36.1 Å². The Labute approximate surface area is 173 Å². The molecule has 1 fully saturated rings. The van der Waals surface area contributed by atoms with E-state index in [9.17, 15) is 10.1 Å². The van der Waals surface area contributed by atoms with Crippen molar-refractivity contribution < 1.29 is 19.0 Å². The second kappa shape index (κ2) is 12.1. The van der Waals surface area contributed by atoms with E-state index >= 15 is 0 Å². The van der Waals surface area contributed by atoms with Crippen molar-refractivity contribution >= 4 is 12.0 Å². The topological polar surface area (TPSA) is 83.8 Å². The van der Waals surface area contributed by atoms with Gasteiger partial charge in [-0.15, -0.1) is 0 Å². The van der Waals surface area contributed by atoms with Gasteiger partial charge in [0, 0.05) is 26.2 Å². The molecule has 7 nitrogen and oxygen atoms in total. The number of benzene rings is 1. The first-order valence-electron chi connectivity index (χ1n) is 10.0. The van der Waals surface area contributed by atoms with Gasteiger partial charge < -0.3 is 19.5 Å². The molecule has 0 bridgehead atoms. The third kappa shape index (κ3) is 7.76. The number of carbonyl (C=O) groups is 1.